The Labute approximate surface area is 111 Å². The zero-order chi connectivity index (χ0) is 13.4. The predicted octanol–water partition coefficient (Wildman–Crippen LogP) is 0.939. The van der Waals surface area contributed by atoms with Gasteiger partial charge in [0.05, 0.1) is 17.0 Å². The molecule has 1 aromatic rings. The quantitative estimate of drug-likeness (QED) is 0.721. The van der Waals surface area contributed by atoms with Gasteiger partial charge in [-0.1, -0.05) is 0 Å². The molecule has 0 aliphatic carbocycles. The molecule has 0 bridgehead atoms. The molecule has 0 aliphatic heterocycles. The summed E-state index contributed by atoms with van der Waals surface area (Å²) in [7, 11) is 0. The lowest BCUT2D eigenvalue weighted by atomic mass is 10.2. The van der Waals surface area contributed by atoms with Gasteiger partial charge >= 0.3 is 0 Å². The van der Waals surface area contributed by atoms with E-state index in [0.29, 0.717) is 17.8 Å². The van der Waals surface area contributed by atoms with Crippen molar-refractivity contribution in [1.82, 2.24) is 15.5 Å². The molecule has 5 nitrogen and oxygen atoms in total. The highest BCUT2D eigenvalue weighted by molar-refractivity contribution is 7.99. The zero-order valence-corrected chi connectivity index (χ0v) is 11.6. The van der Waals surface area contributed by atoms with Crippen molar-refractivity contribution in [3.63, 3.8) is 0 Å². The van der Waals surface area contributed by atoms with Gasteiger partial charge in [-0.05, 0) is 32.1 Å². The van der Waals surface area contributed by atoms with Crippen LogP contribution in [0, 0.1) is 13.8 Å². The van der Waals surface area contributed by atoms with Gasteiger partial charge in [0.15, 0.2) is 0 Å². The van der Waals surface area contributed by atoms with Gasteiger partial charge in [0.25, 0.3) is 5.91 Å². The molecule has 0 spiro atoms. The molecule has 0 fully saturated rings. The van der Waals surface area contributed by atoms with Gasteiger partial charge in [-0.15, -0.1) is 0 Å². The molecule has 100 valence electrons. The van der Waals surface area contributed by atoms with Gasteiger partial charge in [0, 0.05) is 18.9 Å². The first-order valence-corrected chi connectivity index (χ1v) is 7.08. The van der Waals surface area contributed by atoms with Crippen LogP contribution in [0.15, 0.2) is 6.07 Å². The molecule has 0 aliphatic rings. The van der Waals surface area contributed by atoms with Crippen molar-refractivity contribution >= 4 is 17.7 Å². The van der Waals surface area contributed by atoms with E-state index in [1.165, 1.54) is 0 Å². The third-order valence-electron chi connectivity index (χ3n) is 2.32. The summed E-state index contributed by atoms with van der Waals surface area (Å²) in [4.78, 5) is 11.9. The Balaban J connectivity index is 2.34. The van der Waals surface area contributed by atoms with E-state index in [0.717, 1.165) is 23.6 Å². The minimum atomic E-state index is -0.103. The number of nitrogens with zero attached hydrogens (tertiary/aromatic N) is 2. The summed E-state index contributed by atoms with van der Waals surface area (Å²) < 4.78 is 0. The van der Waals surface area contributed by atoms with E-state index < -0.39 is 0 Å². The van der Waals surface area contributed by atoms with Gasteiger partial charge in [0.2, 0.25) is 0 Å². The molecule has 0 saturated carbocycles. The number of rotatable bonds is 7. The van der Waals surface area contributed by atoms with Crippen LogP contribution < -0.4 is 5.32 Å². The minimum absolute atomic E-state index is 0.103. The number of aryl methyl sites for hydroxylation is 2. The van der Waals surface area contributed by atoms with Gasteiger partial charge in [-0.3, -0.25) is 4.79 Å². The van der Waals surface area contributed by atoms with Crippen molar-refractivity contribution in [2.45, 2.75) is 20.3 Å². The van der Waals surface area contributed by atoms with Crippen molar-refractivity contribution in [3.05, 3.63) is 23.0 Å². The number of carbonyl (C=O) groups is 1. The van der Waals surface area contributed by atoms with Crippen LogP contribution in [0.5, 0.6) is 0 Å². The Hall–Kier alpha value is -1.14. The van der Waals surface area contributed by atoms with Crippen LogP contribution in [0.4, 0.5) is 0 Å². The maximum atomic E-state index is 11.9. The number of aliphatic hydroxyl groups excluding tert-OH is 1. The molecule has 0 atom stereocenters. The van der Waals surface area contributed by atoms with Crippen molar-refractivity contribution in [2.24, 2.45) is 0 Å². The molecule has 6 heteroatoms. The van der Waals surface area contributed by atoms with E-state index in [1.807, 2.05) is 6.92 Å². The minimum Gasteiger partial charge on any atom is -0.396 e. The number of amides is 1. The Bertz CT molecular complexity index is 399. The lowest BCUT2D eigenvalue weighted by molar-refractivity contribution is 0.0954. The SMILES string of the molecule is Cc1cc(C(=O)NCCSCCCO)c(C)nn1. The van der Waals surface area contributed by atoms with Gasteiger partial charge in [-0.25, -0.2) is 0 Å². The Morgan fingerprint density at radius 1 is 1.39 bits per heavy atom. The first-order valence-electron chi connectivity index (χ1n) is 5.93. The first-order chi connectivity index (χ1) is 8.65. The van der Waals surface area contributed by atoms with Crippen LogP contribution in [0.25, 0.3) is 0 Å². The van der Waals surface area contributed by atoms with Crippen molar-refractivity contribution in [2.75, 3.05) is 24.7 Å². The third-order valence-corrected chi connectivity index (χ3v) is 3.39. The molecular formula is C12H19N3O2S. The average molecular weight is 269 g/mol. The van der Waals surface area contributed by atoms with E-state index in [4.69, 9.17) is 5.11 Å². The van der Waals surface area contributed by atoms with Gasteiger partial charge in [0.1, 0.15) is 0 Å². The molecule has 0 radical (unpaired) electrons. The lowest BCUT2D eigenvalue weighted by Crippen LogP contribution is -2.27. The number of hydrogen-bond acceptors (Lipinski definition) is 5. The summed E-state index contributed by atoms with van der Waals surface area (Å²) in [6.45, 7) is 4.43. The number of nitrogens with one attached hydrogen (secondary N) is 1. The van der Waals surface area contributed by atoms with E-state index >= 15 is 0 Å². The van der Waals surface area contributed by atoms with Crippen LogP contribution in [0.3, 0.4) is 0 Å². The fourth-order valence-corrected chi connectivity index (χ4v) is 2.16. The standard InChI is InChI=1S/C12H19N3O2S/c1-9-8-11(10(2)15-14-9)12(17)13-4-7-18-6-3-5-16/h8,16H,3-7H2,1-2H3,(H,13,17). The molecule has 0 aromatic carbocycles. The van der Waals surface area contributed by atoms with Crippen molar-refractivity contribution in [3.8, 4) is 0 Å². The van der Waals surface area contributed by atoms with Crippen LogP contribution in [-0.4, -0.2) is 45.9 Å². The van der Waals surface area contributed by atoms with E-state index in [1.54, 1.807) is 24.8 Å². The second kappa shape index (κ2) is 8.05. The van der Waals surface area contributed by atoms with Gasteiger partial charge in [-0.2, -0.15) is 22.0 Å². The number of carbonyl (C=O) groups excluding carboxylic acids is 1. The molecule has 0 unspecified atom stereocenters. The number of aliphatic hydroxyl groups is 1. The molecule has 1 amide bonds. The monoisotopic (exact) mass is 269 g/mol. The van der Waals surface area contributed by atoms with E-state index in [-0.39, 0.29) is 12.5 Å². The fourth-order valence-electron chi connectivity index (χ4n) is 1.38. The molecule has 1 heterocycles. The highest BCUT2D eigenvalue weighted by Gasteiger charge is 2.10. The first kappa shape index (κ1) is 14.9. The molecule has 1 aromatic heterocycles. The second-order valence-electron chi connectivity index (χ2n) is 3.93. The zero-order valence-electron chi connectivity index (χ0n) is 10.8. The van der Waals surface area contributed by atoms with Crippen LogP contribution in [-0.2, 0) is 0 Å². The average Bonchev–Trinajstić information content (AvgIpc) is 2.36. The summed E-state index contributed by atoms with van der Waals surface area (Å²) in [5.41, 5.74) is 1.97. The van der Waals surface area contributed by atoms with Crippen LogP contribution in [0.2, 0.25) is 0 Å². The highest BCUT2D eigenvalue weighted by Crippen LogP contribution is 2.05. The number of hydrogen-bond donors (Lipinski definition) is 2. The van der Waals surface area contributed by atoms with Crippen LogP contribution >= 0.6 is 11.8 Å². The lowest BCUT2D eigenvalue weighted by Gasteiger charge is -2.07. The second-order valence-corrected chi connectivity index (χ2v) is 5.15. The largest absolute Gasteiger partial charge is 0.396 e. The highest BCUT2D eigenvalue weighted by atomic mass is 32.2. The molecule has 0 saturated heterocycles. The number of thioether (sulfide) groups is 1. The normalized spacial score (nSPS) is 10.4. The van der Waals surface area contributed by atoms with E-state index in [9.17, 15) is 4.79 Å². The predicted molar refractivity (Wildman–Crippen MR) is 72.9 cm³/mol. The molecule has 2 N–H and O–H groups in total. The summed E-state index contributed by atoms with van der Waals surface area (Å²) in [6.07, 6.45) is 0.797. The van der Waals surface area contributed by atoms with Crippen molar-refractivity contribution in [1.29, 1.82) is 0 Å². The maximum Gasteiger partial charge on any atom is 0.253 e. The topological polar surface area (TPSA) is 75.1 Å². The van der Waals surface area contributed by atoms with E-state index in [2.05, 4.69) is 15.5 Å². The Morgan fingerprint density at radius 2 is 2.17 bits per heavy atom. The van der Waals surface area contributed by atoms with Crippen LogP contribution in [0.1, 0.15) is 28.2 Å². The van der Waals surface area contributed by atoms with Crippen molar-refractivity contribution < 1.29 is 9.90 Å². The Morgan fingerprint density at radius 3 is 2.89 bits per heavy atom. The third kappa shape index (κ3) is 5.01. The van der Waals surface area contributed by atoms with Gasteiger partial charge < -0.3 is 10.4 Å². The molecular weight excluding hydrogens is 250 g/mol. The smallest absolute Gasteiger partial charge is 0.253 e. The molecule has 1 rings (SSSR count). The summed E-state index contributed by atoms with van der Waals surface area (Å²) in [5.74, 6) is 1.66. The molecule has 18 heavy (non-hydrogen) atoms. The fraction of sp³-hybridized carbons (Fsp3) is 0.583. The summed E-state index contributed by atoms with van der Waals surface area (Å²) >= 11 is 1.72. The number of aromatic nitrogens is 2. The summed E-state index contributed by atoms with van der Waals surface area (Å²) in [6, 6.07) is 1.75. The summed E-state index contributed by atoms with van der Waals surface area (Å²) in [5, 5.41) is 19.3. The Kier molecular flexibility index (Phi) is 6.67. The maximum absolute atomic E-state index is 11.9.